The van der Waals surface area contributed by atoms with Crippen LogP contribution in [0.5, 0.6) is 0 Å². The molecule has 2 unspecified atom stereocenters. The van der Waals surface area contributed by atoms with E-state index in [1.165, 1.54) is 12.8 Å². The molecule has 2 nitrogen and oxygen atoms in total. The molecule has 1 fully saturated rings. The van der Waals surface area contributed by atoms with E-state index in [1.54, 1.807) is 13.8 Å². The van der Waals surface area contributed by atoms with Gasteiger partial charge < -0.3 is 5.11 Å². The van der Waals surface area contributed by atoms with Gasteiger partial charge in [-0.25, -0.2) is 0 Å². The molecule has 2 atom stereocenters. The van der Waals surface area contributed by atoms with Crippen LogP contribution in [0.25, 0.3) is 0 Å². The summed E-state index contributed by atoms with van der Waals surface area (Å²) in [6, 6.07) is 0. The summed E-state index contributed by atoms with van der Waals surface area (Å²) >= 11 is 0. The lowest BCUT2D eigenvalue weighted by Gasteiger charge is -2.28. The number of aliphatic hydroxyl groups is 1. The maximum Gasteiger partial charge on any atom is 0.147 e. The highest BCUT2D eigenvalue weighted by Crippen LogP contribution is 2.34. The van der Waals surface area contributed by atoms with Gasteiger partial charge in [0, 0.05) is 0 Å². The molecule has 102 valence electrons. The van der Waals surface area contributed by atoms with Crippen molar-refractivity contribution >= 4 is 5.78 Å². The van der Waals surface area contributed by atoms with Crippen LogP contribution in [0.1, 0.15) is 60.3 Å². The Kier molecular flexibility index (Phi) is 4.61. The summed E-state index contributed by atoms with van der Waals surface area (Å²) in [7, 11) is 0. The zero-order chi connectivity index (χ0) is 14.0. The number of hydrogen-bond donors (Lipinski definition) is 1. The molecule has 0 saturated heterocycles. The molecule has 0 amide bonds. The van der Waals surface area contributed by atoms with E-state index in [2.05, 4.69) is 11.8 Å². The Labute approximate surface area is 111 Å². The molecule has 1 saturated carbocycles. The first-order valence-electron chi connectivity index (χ1n) is 6.98. The molecule has 0 aromatic carbocycles. The SMILES string of the molecule is CC(=O)C(C)(C#CC(C)(O)C1CCCC1)C(C)C. The fraction of sp³-hybridized carbons (Fsp3) is 0.812. The molecule has 0 aromatic rings. The maximum atomic E-state index is 11.8. The Morgan fingerprint density at radius 3 is 2.11 bits per heavy atom. The predicted octanol–water partition coefficient (Wildman–Crippen LogP) is 3.18. The summed E-state index contributed by atoms with van der Waals surface area (Å²) in [5, 5.41) is 10.5. The summed E-state index contributed by atoms with van der Waals surface area (Å²) in [6.45, 7) is 9.24. The van der Waals surface area contributed by atoms with Crippen LogP contribution in [0.4, 0.5) is 0 Å². The Balaban J connectivity index is 2.93. The molecule has 0 spiro atoms. The van der Waals surface area contributed by atoms with Crippen molar-refractivity contribution in [3.8, 4) is 11.8 Å². The predicted molar refractivity (Wildman–Crippen MR) is 74.0 cm³/mol. The smallest absolute Gasteiger partial charge is 0.147 e. The largest absolute Gasteiger partial charge is 0.378 e. The van der Waals surface area contributed by atoms with Crippen molar-refractivity contribution < 1.29 is 9.90 Å². The highest BCUT2D eigenvalue weighted by Gasteiger charge is 2.35. The standard InChI is InChI=1S/C16H26O2/c1-12(2)15(4,13(3)17)10-11-16(5,18)14-8-6-7-9-14/h12,14,18H,6-9H2,1-5H3. The minimum atomic E-state index is -0.956. The van der Waals surface area contributed by atoms with Gasteiger partial charge >= 0.3 is 0 Å². The Bertz CT molecular complexity index is 364. The molecule has 1 rings (SSSR count). The maximum absolute atomic E-state index is 11.8. The first kappa shape index (κ1) is 15.2. The third kappa shape index (κ3) is 3.14. The summed E-state index contributed by atoms with van der Waals surface area (Å²) in [5.74, 6) is 6.54. The average Bonchev–Trinajstić information content (AvgIpc) is 2.79. The summed E-state index contributed by atoms with van der Waals surface area (Å²) in [4.78, 5) is 11.8. The van der Waals surface area contributed by atoms with Crippen LogP contribution in [0.3, 0.4) is 0 Å². The second-order valence-electron chi connectivity index (χ2n) is 6.29. The van der Waals surface area contributed by atoms with Crippen LogP contribution in [0.15, 0.2) is 0 Å². The van der Waals surface area contributed by atoms with Gasteiger partial charge in [0.1, 0.15) is 11.4 Å². The molecule has 0 bridgehead atoms. The zero-order valence-electron chi connectivity index (χ0n) is 12.3. The minimum absolute atomic E-state index is 0.0761. The van der Waals surface area contributed by atoms with Crippen molar-refractivity contribution in [2.24, 2.45) is 17.3 Å². The van der Waals surface area contributed by atoms with E-state index in [-0.39, 0.29) is 17.6 Å². The van der Waals surface area contributed by atoms with Crippen LogP contribution in [-0.4, -0.2) is 16.5 Å². The quantitative estimate of drug-likeness (QED) is 0.781. The van der Waals surface area contributed by atoms with E-state index < -0.39 is 11.0 Å². The molecule has 1 aliphatic carbocycles. The Morgan fingerprint density at radius 2 is 1.72 bits per heavy atom. The van der Waals surface area contributed by atoms with Gasteiger partial charge in [-0.15, -0.1) is 0 Å². The number of carbonyl (C=O) groups is 1. The molecule has 0 radical (unpaired) electrons. The number of rotatable bonds is 3. The van der Waals surface area contributed by atoms with Crippen LogP contribution >= 0.6 is 0 Å². The lowest BCUT2D eigenvalue weighted by molar-refractivity contribution is -0.124. The Hall–Kier alpha value is -0.810. The topological polar surface area (TPSA) is 37.3 Å². The minimum Gasteiger partial charge on any atom is -0.378 e. The molecule has 1 N–H and O–H groups in total. The zero-order valence-corrected chi connectivity index (χ0v) is 12.3. The lowest BCUT2D eigenvalue weighted by atomic mass is 9.75. The second kappa shape index (κ2) is 5.45. The van der Waals surface area contributed by atoms with E-state index in [0.29, 0.717) is 0 Å². The third-order valence-corrected chi connectivity index (χ3v) is 4.61. The van der Waals surface area contributed by atoms with E-state index in [4.69, 9.17) is 0 Å². The fourth-order valence-corrected chi connectivity index (χ4v) is 2.49. The van der Waals surface area contributed by atoms with Crippen molar-refractivity contribution in [2.45, 2.75) is 65.9 Å². The van der Waals surface area contributed by atoms with E-state index >= 15 is 0 Å². The van der Waals surface area contributed by atoms with E-state index in [1.807, 2.05) is 20.8 Å². The first-order chi connectivity index (χ1) is 8.20. The van der Waals surface area contributed by atoms with Crippen molar-refractivity contribution in [1.29, 1.82) is 0 Å². The van der Waals surface area contributed by atoms with Gasteiger partial charge in [0.2, 0.25) is 0 Å². The molecule has 0 aromatic heterocycles. The molecular weight excluding hydrogens is 224 g/mol. The monoisotopic (exact) mass is 250 g/mol. The van der Waals surface area contributed by atoms with Gasteiger partial charge in [-0.2, -0.15) is 0 Å². The van der Waals surface area contributed by atoms with Crippen molar-refractivity contribution in [1.82, 2.24) is 0 Å². The van der Waals surface area contributed by atoms with Gasteiger partial charge in [-0.1, -0.05) is 38.5 Å². The molecular formula is C16H26O2. The van der Waals surface area contributed by atoms with Crippen molar-refractivity contribution in [2.75, 3.05) is 0 Å². The van der Waals surface area contributed by atoms with Gasteiger partial charge in [0.15, 0.2) is 0 Å². The van der Waals surface area contributed by atoms with E-state index in [0.717, 1.165) is 12.8 Å². The second-order valence-corrected chi connectivity index (χ2v) is 6.29. The molecule has 18 heavy (non-hydrogen) atoms. The fourth-order valence-electron chi connectivity index (χ4n) is 2.49. The summed E-state index contributed by atoms with van der Waals surface area (Å²) in [5.41, 5.74) is -1.61. The van der Waals surface area contributed by atoms with Gasteiger partial charge in [0.25, 0.3) is 0 Å². The van der Waals surface area contributed by atoms with Crippen LogP contribution in [0, 0.1) is 29.1 Å². The number of carbonyl (C=O) groups excluding carboxylic acids is 1. The van der Waals surface area contributed by atoms with Crippen molar-refractivity contribution in [3.05, 3.63) is 0 Å². The normalized spacial score (nSPS) is 23.1. The van der Waals surface area contributed by atoms with Crippen LogP contribution in [0.2, 0.25) is 0 Å². The van der Waals surface area contributed by atoms with Crippen LogP contribution in [-0.2, 0) is 4.79 Å². The first-order valence-corrected chi connectivity index (χ1v) is 6.98. The molecule has 2 heteroatoms. The average molecular weight is 250 g/mol. The number of hydrogen-bond acceptors (Lipinski definition) is 2. The van der Waals surface area contributed by atoms with Crippen LogP contribution < -0.4 is 0 Å². The number of ketones is 1. The molecule has 0 aliphatic heterocycles. The summed E-state index contributed by atoms with van der Waals surface area (Å²) in [6.07, 6.45) is 4.44. The molecule has 1 aliphatic rings. The number of Topliss-reactive ketones (excluding diaryl/α,β-unsaturated/α-hetero) is 1. The van der Waals surface area contributed by atoms with Gasteiger partial charge in [-0.3, -0.25) is 4.79 Å². The third-order valence-electron chi connectivity index (χ3n) is 4.61. The Morgan fingerprint density at radius 1 is 1.22 bits per heavy atom. The highest BCUT2D eigenvalue weighted by atomic mass is 16.3. The highest BCUT2D eigenvalue weighted by molar-refractivity contribution is 5.85. The lowest BCUT2D eigenvalue weighted by Crippen LogP contribution is -2.34. The molecule has 0 heterocycles. The van der Waals surface area contributed by atoms with Gasteiger partial charge in [0.05, 0.1) is 5.41 Å². The summed E-state index contributed by atoms with van der Waals surface area (Å²) < 4.78 is 0. The van der Waals surface area contributed by atoms with Gasteiger partial charge in [-0.05, 0) is 45.4 Å². The van der Waals surface area contributed by atoms with Crippen molar-refractivity contribution in [3.63, 3.8) is 0 Å². The van der Waals surface area contributed by atoms with E-state index in [9.17, 15) is 9.90 Å².